The SMILES string of the molecule is CCOCc1c(C(=O)NCc2cc([N+](=O)[O-])ccc2O)oc2ccccc12. The van der Waals surface area contributed by atoms with Gasteiger partial charge in [0.15, 0.2) is 5.76 Å². The molecule has 0 unspecified atom stereocenters. The molecule has 0 saturated carbocycles. The standard InChI is InChI=1S/C19H18N2O6/c1-2-26-11-15-14-5-3-4-6-17(14)27-18(15)19(23)20-10-12-9-13(21(24)25)7-8-16(12)22/h3-9,22H,2,10-11H2,1H3,(H,20,23). The summed E-state index contributed by atoms with van der Waals surface area (Å²) in [6.07, 6.45) is 0. The summed E-state index contributed by atoms with van der Waals surface area (Å²) in [6, 6.07) is 10.9. The number of nitrogens with zero attached hydrogens (tertiary/aromatic N) is 1. The first-order chi connectivity index (χ1) is 13.0. The smallest absolute Gasteiger partial charge is 0.287 e. The quantitative estimate of drug-likeness (QED) is 0.486. The Kier molecular flexibility index (Phi) is 5.37. The molecular weight excluding hydrogens is 352 g/mol. The molecule has 0 bridgehead atoms. The molecule has 1 aromatic heterocycles. The predicted molar refractivity (Wildman–Crippen MR) is 97.5 cm³/mol. The molecule has 8 heteroatoms. The zero-order valence-electron chi connectivity index (χ0n) is 14.6. The highest BCUT2D eigenvalue weighted by Gasteiger charge is 2.21. The van der Waals surface area contributed by atoms with Gasteiger partial charge in [0, 0.05) is 41.8 Å². The Morgan fingerprint density at radius 1 is 1.30 bits per heavy atom. The molecule has 27 heavy (non-hydrogen) atoms. The number of phenolic OH excluding ortho intramolecular Hbond substituents is 1. The summed E-state index contributed by atoms with van der Waals surface area (Å²) >= 11 is 0. The molecule has 1 heterocycles. The Hall–Kier alpha value is -3.39. The molecular formula is C19H18N2O6. The molecule has 3 rings (SSSR count). The molecule has 0 saturated heterocycles. The van der Waals surface area contributed by atoms with Crippen molar-refractivity contribution in [2.24, 2.45) is 0 Å². The van der Waals surface area contributed by atoms with E-state index in [9.17, 15) is 20.0 Å². The van der Waals surface area contributed by atoms with E-state index in [0.717, 1.165) is 5.39 Å². The lowest BCUT2D eigenvalue weighted by Crippen LogP contribution is -2.23. The summed E-state index contributed by atoms with van der Waals surface area (Å²) in [5.41, 5.74) is 1.27. The number of rotatable bonds is 7. The van der Waals surface area contributed by atoms with Crippen molar-refractivity contribution in [2.75, 3.05) is 6.61 Å². The largest absolute Gasteiger partial charge is 0.508 e. The first-order valence-corrected chi connectivity index (χ1v) is 8.34. The van der Waals surface area contributed by atoms with Gasteiger partial charge in [0.2, 0.25) is 0 Å². The number of fused-ring (bicyclic) bond motifs is 1. The molecule has 0 spiro atoms. The lowest BCUT2D eigenvalue weighted by Gasteiger charge is -2.07. The van der Waals surface area contributed by atoms with E-state index < -0.39 is 10.8 Å². The van der Waals surface area contributed by atoms with E-state index in [1.165, 1.54) is 18.2 Å². The molecule has 8 nitrogen and oxygen atoms in total. The lowest BCUT2D eigenvalue weighted by molar-refractivity contribution is -0.384. The van der Waals surface area contributed by atoms with Gasteiger partial charge in [-0.15, -0.1) is 0 Å². The fourth-order valence-electron chi connectivity index (χ4n) is 2.71. The van der Waals surface area contributed by atoms with Crippen LogP contribution in [0.25, 0.3) is 11.0 Å². The number of nitro groups is 1. The molecule has 0 fully saturated rings. The number of amides is 1. The number of hydrogen-bond donors (Lipinski definition) is 2. The van der Waals surface area contributed by atoms with E-state index in [2.05, 4.69) is 5.32 Å². The third-order valence-electron chi connectivity index (χ3n) is 4.07. The summed E-state index contributed by atoms with van der Waals surface area (Å²) in [7, 11) is 0. The second-order valence-corrected chi connectivity index (χ2v) is 5.80. The van der Waals surface area contributed by atoms with Crippen LogP contribution in [0.1, 0.15) is 28.6 Å². The average Bonchev–Trinajstić information content (AvgIpc) is 3.04. The van der Waals surface area contributed by atoms with Crippen LogP contribution < -0.4 is 5.32 Å². The Morgan fingerprint density at radius 3 is 2.81 bits per heavy atom. The number of para-hydroxylation sites is 1. The molecule has 0 atom stereocenters. The van der Waals surface area contributed by atoms with Crippen LogP contribution in [0.2, 0.25) is 0 Å². The number of nitrogens with one attached hydrogen (secondary N) is 1. The number of furan rings is 1. The van der Waals surface area contributed by atoms with Crippen molar-refractivity contribution in [3.8, 4) is 5.75 Å². The summed E-state index contributed by atoms with van der Waals surface area (Å²) in [6.45, 7) is 2.48. The maximum Gasteiger partial charge on any atom is 0.287 e. The van der Waals surface area contributed by atoms with Gasteiger partial charge in [0.25, 0.3) is 11.6 Å². The Balaban J connectivity index is 1.84. The minimum absolute atomic E-state index is 0.0858. The number of hydrogen-bond acceptors (Lipinski definition) is 6. The highest BCUT2D eigenvalue weighted by atomic mass is 16.6. The number of carbonyl (C=O) groups is 1. The number of non-ortho nitro benzene ring substituents is 1. The van der Waals surface area contributed by atoms with E-state index >= 15 is 0 Å². The minimum Gasteiger partial charge on any atom is -0.508 e. The molecule has 3 aromatic rings. The summed E-state index contributed by atoms with van der Waals surface area (Å²) < 4.78 is 11.1. The molecule has 1 amide bonds. The van der Waals surface area contributed by atoms with Gasteiger partial charge in [-0.1, -0.05) is 18.2 Å². The van der Waals surface area contributed by atoms with Crippen molar-refractivity contribution in [2.45, 2.75) is 20.1 Å². The van der Waals surface area contributed by atoms with Crippen LogP contribution in [0.15, 0.2) is 46.9 Å². The Morgan fingerprint density at radius 2 is 2.07 bits per heavy atom. The fraction of sp³-hybridized carbons (Fsp3) is 0.211. The third-order valence-corrected chi connectivity index (χ3v) is 4.07. The maximum absolute atomic E-state index is 12.6. The van der Waals surface area contributed by atoms with Crippen LogP contribution in [-0.2, 0) is 17.9 Å². The van der Waals surface area contributed by atoms with Crippen molar-refractivity contribution in [1.82, 2.24) is 5.32 Å². The van der Waals surface area contributed by atoms with Crippen molar-refractivity contribution in [1.29, 1.82) is 0 Å². The first-order valence-electron chi connectivity index (χ1n) is 8.34. The Bertz CT molecular complexity index is 995. The second-order valence-electron chi connectivity index (χ2n) is 5.80. The molecule has 0 radical (unpaired) electrons. The number of aromatic hydroxyl groups is 1. The van der Waals surface area contributed by atoms with E-state index in [4.69, 9.17) is 9.15 Å². The minimum atomic E-state index is -0.565. The van der Waals surface area contributed by atoms with Crippen molar-refractivity contribution < 1.29 is 24.0 Å². The van der Waals surface area contributed by atoms with E-state index in [0.29, 0.717) is 17.8 Å². The number of carbonyl (C=O) groups excluding carboxylic acids is 1. The van der Waals surface area contributed by atoms with Gasteiger partial charge in [-0.25, -0.2) is 0 Å². The topological polar surface area (TPSA) is 115 Å². The van der Waals surface area contributed by atoms with E-state index in [-0.39, 0.29) is 35.9 Å². The number of phenols is 1. The van der Waals surface area contributed by atoms with Crippen LogP contribution in [-0.4, -0.2) is 22.5 Å². The van der Waals surface area contributed by atoms with Crippen molar-refractivity contribution in [3.63, 3.8) is 0 Å². The van der Waals surface area contributed by atoms with E-state index in [1.807, 2.05) is 19.1 Å². The van der Waals surface area contributed by atoms with Crippen LogP contribution in [0.4, 0.5) is 5.69 Å². The van der Waals surface area contributed by atoms with E-state index in [1.54, 1.807) is 12.1 Å². The van der Waals surface area contributed by atoms with Gasteiger partial charge in [-0.05, 0) is 19.1 Å². The molecule has 2 aromatic carbocycles. The normalized spacial score (nSPS) is 10.9. The fourth-order valence-corrected chi connectivity index (χ4v) is 2.71. The summed E-state index contributed by atoms with van der Waals surface area (Å²) in [4.78, 5) is 22.9. The molecule has 2 N–H and O–H groups in total. The van der Waals surface area contributed by atoms with Crippen LogP contribution in [0, 0.1) is 10.1 Å². The zero-order chi connectivity index (χ0) is 19.4. The van der Waals surface area contributed by atoms with Gasteiger partial charge in [-0.2, -0.15) is 0 Å². The van der Waals surface area contributed by atoms with Crippen LogP contribution >= 0.6 is 0 Å². The molecule has 0 aliphatic rings. The number of nitro benzene ring substituents is 1. The summed E-state index contributed by atoms with van der Waals surface area (Å²) in [5, 5.41) is 24.2. The van der Waals surface area contributed by atoms with Crippen molar-refractivity contribution >= 4 is 22.6 Å². The summed E-state index contributed by atoms with van der Waals surface area (Å²) in [5.74, 6) is -0.513. The average molecular weight is 370 g/mol. The number of benzene rings is 2. The Labute approximate surface area is 154 Å². The molecule has 0 aliphatic carbocycles. The van der Waals surface area contributed by atoms with Gasteiger partial charge in [0.1, 0.15) is 11.3 Å². The predicted octanol–water partition coefficient (Wildman–Crippen LogP) is 3.51. The lowest BCUT2D eigenvalue weighted by atomic mass is 10.1. The van der Waals surface area contributed by atoms with Gasteiger partial charge in [0.05, 0.1) is 11.5 Å². The maximum atomic E-state index is 12.6. The van der Waals surface area contributed by atoms with Crippen LogP contribution in [0.5, 0.6) is 5.75 Å². The third kappa shape index (κ3) is 3.90. The molecule has 140 valence electrons. The number of ether oxygens (including phenoxy) is 1. The highest BCUT2D eigenvalue weighted by Crippen LogP contribution is 2.27. The zero-order valence-corrected chi connectivity index (χ0v) is 14.6. The van der Waals surface area contributed by atoms with Gasteiger partial charge < -0.3 is 19.6 Å². The first kappa shape index (κ1) is 18.4. The van der Waals surface area contributed by atoms with Crippen LogP contribution in [0.3, 0.4) is 0 Å². The molecule has 0 aliphatic heterocycles. The highest BCUT2D eigenvalue weighted by molar-refractivity contribution is 5.99. The monoisotopic (exact) mass is 370 g/mol. The van der Waals surface area contributed by atoms with Gasteiger partial charge >= 0.3 is 0 Å². The van der Waals surface area contributed by atoms with Crippen molar-refractivity contribution in [3.05, 3.63) is 69.5 Å². The second kappa shape index (κ2) is 7.88. The van der Waals surface area contributed by atoms with Gasteiger partial charge in [-0.3, -0.25) is 14.9 Å².